The van der Waals surface area contributed by atoms with Crippen molar-refractivity contribution in [1.29, 1.82) is 0 Å². The molecule has 0 radical (unpaired) electrons. The summed E-state index contributed by atoms with van der Waals surface area (Å²) in [5.41, 5.74) is 0.560. The minimum atomic E-state index is -0.402. The van der Waals surface area contributed by atoms with Crippen molar-refractivity contribution in [3.05, 3.63) is 30.3 Å². The quantitative estimate of drug-likeness (QED) is 0.668. The molecule has 3 heterocycles. The predicted molar refractivity (Wildman–Crippen MR) is 110 cm³/mol. The van der Waals surface area contributed by atoms with Crippen molar-refractivity contribution >= 4 is 17.5 Å². The van der Waals surface area contributed by atoms with Crippen molar-refractivity contribution in [2.24, 2.45) is 10.2 Å². The summed E-state index contributed by atoms with van der Waals surface area (Å²) in [6.45, 7) is 3.56. The van der Waals surface area contributed by atoms with E-state index in [1.807, 2.05) is 40.1 Å². The number of terminal acetylenes is 1. The van der Waals surface area contributed by atoms with Gasteiger partial charge < -0.3 is 9.80 Å². The van der Waals surface area contributed by atoms with Crippen LogP contribution in [0.5, 0.6) is 0 Å². The SMILES string of the molecule is C#CCCC1(CCC(=O)N2CCN(C3CCN(c4ccccc4)C3=O)CC2)N=N1. The normalized spacial score (nSPS) is 23.3. The first-order chi connectivity index (χ1) is 14.1. The molecule has 2 fully saturated rings. The van der Waals surface area contributed by atoms with E-state index in [2.05, 4.69) is 21.0 Å². The third-order valence-electron chi connectivity index (χ3n) is 6.14. The molecule has 0 spiro atoms. The molecule has 1 aromatic carbocycles. The maximum Gasteiger partial charge on any atom is 0.244 e. The van der Waals surface area contributed by atoms with Gasteiger partial charge in [-0.2, -0.15) is 10.2 Å². The van der Waals surface area contributed by atoms with E-state index in [-0.39, 0.29) is 17.9 Å². The molecule has 7 heteroatoms. The van der Waals surface area contributed by atoms with E-state index in [0.29, 0.717) is 32.4 Å². The second kappa shape index (κ2) is 8.34. The van der Waals surface area contributed by atoms with E-state index >= 15 is 0 Å². The molecule has 0 N–H and O–H groups in total. The lowest BCUT2D eigenvalue weighted by Gasteiger charge is -2.37. The van der Waals surface area contributed by atoms with Crippen molar-refractivity contribution in [2.75, 3.05) is 37.6 Å². The Morgan fingerprint density at radius 1 is 1.10 bits per heavy atom. The van der Waals surface area contributed by atoms with Crippen LogP contribution in [0, 0.1) is 12.3 Å². The van der Waals surface area contributed by atoms with Gasteiger partial charge in [-0.05, 0) is 18.6 Å². The smallest absolute Gasteiger partial charge is 0.244 e. The first kappa shape index (κ1) is 19.6. The number of piperazine rings is 1. The number of nitrogens with zero attached hydrogens (tertiary/aromatic N) is 5. The van der Waals surface area contributed by atoms with Crippen LogP contribution >= 0.6 is 0 Å². The van der Waals surface area contributed by atoms with Crippen LogP contribution in [0.3, 0.4) is 0 Å². The first-order valence-corrected chi connectivity index (χ1v) is 10.4. The summed E-state index contributed by atoms with van der Waals surface area (Å²) in [5.74, 6) is 2.93. The van der Waals surface area contributed by atoms with Crippen molar-refractivity contribution in [2.45, 2.75) is 43.8 Å². The molecule has 1 aromatic rings. The maximum atomic E-state index is 12.9. The number of amides is 2. The Labute approximate surface area is 171 Å². The first-order valence-electron chi connectivity index (χ1n) is 10.4. The number of hydrogen-bond acceptors (Lipinski definition) is 5. The summed E-state index contributed by atoms with van der Waals surface area (Å²) < 4.78 is 0. The Morgan fingerprint density at radius 3 is 2.48 bits per heavy atom. The lowest BCUT2D eigenvalue weighted by atomic mass is 10.0. The number of carbonyl (C=O) groups excluding carboxylic acids is 2. The van der Waals surface area contributed by atoms with Gasteiger partial charge in [-0.3, -0.25) is 14.5 Å². The highest BCUT2D eigenvalue weighted by Gasteiger charge is 2.41. The van der Waals surface area contributed by atoms with Crippen LogP contribution in [0.25, 0.3) is 0 Å². The van der Waals surface area contributed by atoms with Crippen molar-refractivity contribution in [3.63, 3.8) is 0 Å². The molecule has 29 heavy (non-hydrogen) atoms. The summed E-state index contributed by atoms with van der Waals surface area (Å²) in [6.07, 6.45) is 8.60. The lowest BCUT2D eigenvalue weighted by molar-refractivity contribution is -0.134. The Balaban J connectivity index is 1.24. The molecular weight excluding hydrogens is 366 g/mol. The molecular formula is C22H27N5O2. The van der Waals surface area contributed by atoms with Gasteiger partial charge in [-0.25, -0.2) is 0 Å². The van der Waals surface area contributed by atoms with Crippen LogP contribution in [0.2, 0.25) is 0 Å². The summed E-state index contributed by atoms with van der Waals surface area (Å²) >= 11 is 0. The fourth-order valence-corrected chi connectivity index (χ4v) is 4.28. The highest BCUT2D eigenvalue weighted by Crippen LogP contribution is 2.37. The van der Waals surface area contributed by atoms with E-state index in [0.717, 1.165) is 38.2 Å². The Morgan fingerprint density at radius 2 is 1.83 bits per heavy atom. The van der Waals surface area contributed by atoms with E-state index in [1.54, 1.807) is 0 Å². The molecule has 0 aromatic heterocycles. The molecule has 3 aliphatic heterocycles. The number of para-hydroxylation sites is 1. The van der Waals surface area contributed by atoms with Gasteiger partial charge in [0, 0.05) is 64.1 Å². The van der Waals surface area contributed by atoms with Crippen LogP contribution in [0.4, 0.5) is 5.69 Å². The lowest BCUT2D eigenvalue weighted by Crippen LogP contribution is -2.53. The molecule has 2 saturated heterocycles. The van der Waals surface area contributed by atoms with Gasteiger partial charge in [0.2, 0.25) is 11.8 Å². The molecule has 1 unspecified atom stereocenters. The minimum absolute atomic E-state index is 0.0800. The molecule has 0 saturated carbocycles. The number of rotatable bonds is 7. The molecule has 2 amide bonds. The Bertz CT molecular complexity index is 817. The summed E-state index contributed by atoms with van der Waals surface area (Å²) in [6, 6.07) is 9.75. The fourth-order valence-electron chi connectivity index (χ4n) is 4.28. The van der Waals surface area contributed by atoms with E-state index in [1.165, 1.54) is 0 Å². The molecule has 4 rings (SSSR count). The zero-order valence-electron chi connectivity index (χ0n) is 16.7. The Kier molecular flexibility index (Phi) is 5.63. The van der Waals surface area contributed by atoms with Crippen molar-refractivity contribution < 1.29 is 9.59 Å². The molecule has 152 valence electrons. The standard InChI is InChI=1S/C22H27N5O2/c1-2-3-11-22(23-24-22)12-9-20(28)26-16-14-25(15-17-26)19-10-13-27(21(19)29)18-7-5-4-6-8-18/h1,4-8,19H,3,9-17H2. The largest absolute Gasteiger partial charge is 0.340 e. The molecule has 0 bridgehead atoms. The van der Waals surface area contributed by atoms with Crippen molar-refractivity contribution in [3.8, 4) is 12.3 Å². The molecule has 3 aliphatic rings. The van der Waals surface area contributed by atoms with Gasteiger partial charge in [0.25, 0.3) is 0 Å². The van der Waals surface area contributed by atoms with Crippen LogP contribution < -0.4 is 4.90 Å². The van der Waals surface area contributed by atoms with Gasteiger partial charge in [-0.1, -0.05) is 18.2 Å². The summed E-state index contributed by atoms with van der Waals surface area (Å²) in [4.78, 5) is 31.5. The number of benzene rings is 1. The van der Waals surface area contributed by atoms with Gasteiger partial charge >= 0.3 is 0 Å². The van der Waals surface area contributed by atoms with Crippen LogP contribution in [0.15, 0.2) is 40.6 Å². The van der Waals surface area contributed by atoms with Crippen LogP contribution in [-0.2, 0) is 9.59 Å². The van der Waals surface area contributed by atoms with E-state index in [4.69, 9.17) is 6.42 Å². The summed E-state index contributed by atoms with van der Waals surface area (Å²) in [5, 5.41) is 8.20. The monoisotopic (exact) mass is 393 g/mol. The molecule has 0 aliphatic carbocycles. The summed E-state index contributed by atoms with van der Waals surface area (Å²) in [7, 11) is 0. The van der Waals surface area contributed by atoms with Crippen molar-refractivity contribution in [1.82, 2.24) is 9.80 Å². The van der Waals surface area contributed by atoms with E-state index in [9.17, 15) is 9.59 Å². The second-order valence-corrected chi connectivity index (χ2v) is 7.93. The van der Waals surface area contributed by atoms with E-state index < -0.39 is 5.66 Å². The number of anilines is 1. The molecule has 1 atom stereocenters. The third-order valence-corrected chi connectivity index (χ3v) is 6.14. The fraction of sp³-hybridized carbons (Fsp3) is 0.545. The zero-order valence-corrected chi connectivity index (χ0v) is 16.7. The third kappa shape index (κ3) is 4.33. The highest BCUT2D eigenvalue weighted by molar-refractivity contribution is 5.99. The Hall–Kier alpha value is -2.72. The number of hydrogen-bond donors (Lipinski definition) is 0. The average molecular weight is 393 g/mol. The average Bonchev–Trinajstić information content (AvgIpc) is 3.44. The highest BCUT2D eigenvalue weighted by atomic mass is 16.2. The topological polar surface area (TPSA) is 68.6 Å². The molecule has 7 nitrogen and oxygen atoms in total. The number of carbonyl (C=O) groups is 2. The van der Waals surface area contributed by atoms with Gasteiger partial charge in [0.1, 0.15) is 0 Å². The van der Waals surface area contributed by atoms with Crippen LogP contribution in [-0.4, -0.2) is 66.0 Å². The van der Waals surface area contributed by atoms with Crippen LogP contribution in [0.1, 0.15) is 32.1 Å². The van der Waals surface area contributed by atoms with Gasteiger partial charge in [0.15, 0.2) is 5.66 Å². The second-order valence-electron chi connectivity index (χ2n) is 7.93. The maximum absolute atomic E-state index is 12.9. The van der Waals surface area contributed by atoms with Gasteiger partial charge in [0.05, 0.1) is 6.04 Å². The van der Waals surface area contributed by atoms with Gasteiger partial charge in [-0.15, -0.1) is 12.3 Å². The zero-order chi connectivity index (χ0) is 20.3. The predicted octanol–water partition coefficient (Wildman–Crippen LogP) is 2.29. The minimum Gasteiger partial charge on any atom is -0.340 e.